The highest BCUT2D eigenvalue weighted by molar-refractivity contribution is 6.16. The van der Waals surface area contributed by atoms with E-state index in [0.717, 1.165) is 99.1 Å². The van der Waals surface area contributed by atoms with Crippen LogP contribution < -0.4 is 0 Å². The second-order valence-electron chi connectivity index (χ2n) is 14.4. The van der Waals surface area contributed by atoms with Gasteiger partial charge in [0, 0.05) is 49.0 Å². The fourth-order valence-electron chi connectivity index (χ4n) is 8.46. The van der Waals surface area contributed by atoms with Crippen molar-refractivity contribution in [1.29, 1.82) is 0 Å². The zero-order valence-electron chi connectivity index (χ0n) is 30.4. The first-order valence-electron chi connectivity index (χ1n) is 19.0. The summed E-state index contributed by atoms with van der Waals surface area (Å²) < 4.78 is 15.0. The molecular weight excluding hydrogens is 701 g/mol. The van der Waals surface area contributed by atoms with Gasteiger partial charge in [0.2, 0.25) is 5.95 Å². The summed E-state index contributed by atoms with van der Waals surface area (Å²) in [5.41, 5.74) is 11.7. The molecule has 0 saturated heterocycles. The molecule has 0 aliphatic rings. The third-order valence-corrected chi connectivity index (χ3v) is 11.1. The number of hydrogen-bond acceptors (Lipinski definition) is 5. The molecule has 0 aliphatic heterocycles. The van der Waals surface area contributed by atoms with Crippen LogP contribution in [0.3, 0.4) is 0 Å². The quantitative estimate of drug-likeness (QED) is 0.176. The number of fused-ring (bicyclic) bond motifs is 9. The summed E-state index contributed by atoms with van der Waals surface area (Å²) in [7, 11) is 0. The molecule has 0 bridgehead atoms. The van der Waals surface area contributed by atoms with Crippen LogP contribution in [-0.4, -0.2) is 19.5 Å². The van der Waals surface area contributed by atoms with Crippen molar-refractivity contribution < 1.29 is 8.83 Å². The van der Waals surface area contributed by atoms with Crippen LogP contribution in [0.5, 0.6) is 0 Å². The number of furan rings is 2. The summed E-state index contributed by atoms with van der Waals surface area (Å²) >= 11 is 0. The number of nitrogens with zero attached hydrogens (tertiary/aromatic N) is 4. The van der Waals surface area contributed by atoms with E-state index in [1.807, 2.05) is 48.5 Å². The second kappa shape index (κ2) is 12.3. The molecule has 6 heteroatoms. The van der Waals surface area contributed by atoms with Crippen LogP contribution >= 0.6 is 0 Å². The summed E-state index contributed by atoms with van der Waals surface area (Å²) in [4.78, 5) is 15.3. The first-order valence-corrected chi connectivity index (χ1v) is 19.0. The van der Waals surface area contributed by atoms with Crippen LogP contribution in [0.25, 0.3) is 117 Å². The maximum absolute atomic E-state index is 6.69. The van der Waals surface area contributed by atoms with Gasteiger partial charge in [-0.25, -0.2) is 4.98 Å². The summed E-state index contributed by atoms with van der Waals surface area (Å²) in [6.45, 7) is 0. The van der Waals surface area contributed by atoms with Crippen LogP contribution in [0, 0.1) is 0 Å². The molecule has 8 aromatic carbocycles. The Kier molecular flexibility index (Phi) is 6.83. The fourth-order valence-corrected chi connectivity index (χ4v) is 8.46. The Hall–Kier alpha value is -7.83. The highest BCUT2D eigenvalue weighted by atomic mass is 16.3. The van der Waals surface area contributed by atoms with Gasteiger partial charge < -0.3 is 8.83 Å². The lowest BCUT2D eigenvalue weighted by Crippen LogP contribution is -2.06. The molecule has 4 aromatic heterocycles. The number of aromatic nitrogens is 4. The second-order valence-corrected chi connectivity index (χ2v) is 14.4. The van der Waals surface area contributed by atoms with Crippen molar-refractivity contribution in [2.45, 2.75) is 0 Å². The normalized spacial score (nSPS) is 11.9. The first-order chi connectivity index (χ1) is 28.2. The Labute approximate surface area is 325 Å². The topological polar surface area (TPSA) is 69.9 Å². The van der Waals surface area contributed by atoms with Gasteiger partial charge in [0.25, 0.3) is 0 Å². The zero-order chi connectivity index (χ0) is 37.5. The molecule has 4 heterocycles. The average Bonchev–Trinajstić information content (AvgIpc) is 3.96. The smallest absolute Gasteiger partial charge is 0.238 e. The van der Waals surface area contributed by atoms with Crippen molar-refractivity contribution in [2.75, 3.05) is 0 Å². The Bertz CT molecular complexity index is 3470. The Morgan fingerprint density at radius 2 is 0.912 bits per heavy atom. The van der Waals surface area contributed by atoms with E-state index in [-0.39, 0.29) is 0 Å². The van der Waals surface area contributed by atoms with Gasteiger partial charge in [-0.3, -0.25) is 4.57 Å². The lowest BCUT2D eigenvalue weighted by molar-refractivity contribution is 0.668. The van der Waals surface area contributed by atoms with E-state index >= 15 is 0 Å². The summed E-state index contributed by atoms with van der Waals surface area (Å²) in [6, 6.07) is 62.7. The maximum atomic E-state index is 6.69. The predicted molar refractivity (Wildman–Crippen MR) is 230 cm³/mol. The minimum Gasteiger partial charge on any atom is -0.456 e. The van der Waals surface area contributed by atoms with E-state index < -0.39 is 0 Å². The summed E-state index contributed by atoms with van der Waals surface area (Å²) in [5, 5.41) is 6.65. The molecule has 0 spiro atoms. The van der Waals surface area contributed by atoms with Crippen LogP contribution in [0.15, 0.2) is 191 Å². The van der Waals surface area contributed by atoms with Crippen molar-refractivity contribution in [3.63, 3.8) is 0 Å². The van der Waals surface area contributed by atoms with E-state index in [4.69, 9.17) is 23.8 Å². The first kappa shape index (κ1) is 31.5. The molecular formula is C51H30N4O2. The minimum atomic E-state index is 0.575. The molecule has 0 saturated carbocycles. The molecule has 6 nitrogen and oxygen atoms in total. The average molecular weight is 731 g/mol. The van der Waals surface area contributed by atoms with Crippen molar-refractivity contribution in [2.24, 2.45) is 0 Å². The van der Waals surface area contributed by atoms with Gasteiger partial charge in [0.1, 0.15) is 22.3 Å². The molecule has 0 fully saturated rings. The van der Waals surface area contributed by atoms with Crippen molar-refractivity contribution in [3.8, 4) is 51.0 Å². The molecule has 0 amide bonds. The van der Waals surface area contributed by atoms with Gasteiger partial charge >= 0.3 is 0 Å². The molecule has 0 N–H and O–H groups in total. The van der Waals surface area contributed by atoms with E-state index in [9.17, 15) is 0 Å². The monoisotopic (exact) mass is 730 g/mol. The molecule has 266 valence electrons. The molecule has 57 heavy (non-hydrogen) atoms. The molecule has 12 aromatic rings. The number of rotatable bonds is 5. The standard InChI is InChI=1S/C51H30N4O2/c1-2-12-32(13-3-1)49-52-50(54-51(53-49)55-42-20-7-4-14-37(42)38-15-5-8-21-43(38)55)33-26-24-31(25-27-33)35-17-11-23-46-47(35)40-19-10-18-36(48(40)57-46)34-28-29-45-41(30-34)39-16-6-9-22-44(39)56-45/h1-30H. The third-order valence-electron chi connectivity index (χ3n) is 11.1. The van der Waals surface area contributed by atoms with E-state index in [1.54, 1.807) is 0 Å². The van der Waals surface area contributed by atoms with Gasteiger partial charge in [-0.15, -0.1) is 0 Å². The van der Waals surface area contributed by atoms with Crippen molar-refractivity contribution in [3.05, 3.63) is 182 Å². The van der Waals surface area contributed by atoms with E-state index in [1.165, 1.54) is 0 Å². The molecule has 0 radical (unpaired) electrons. The van der Waals surface area contributed by atoms with Crippen LogP contribution in [-0.2, 0) is 0 Å². The SMILES string of the molecule is c1ccc(-c2nc(-c3ccc(-c4cccc5oc6c(-c7ccc8oc9ccccc9c8c7)cccc6c45)cc3)nc(-n3c4ccccc4c4ccccc43)n2)cc1. The maximum Gasteiger partial charge on any atom is 0.238 e. The van der Waals surface area contributed by atoms with Crippen LogP contribution in [0.2, 0.25) is 0 Å². The van der Waals surface area contributed by atoms with Crippen LogP contribution in [0.4, 0.5) is 0 Å². The Balaban J connectivity index is 0.982. The van der Waals surface area contributed by atoms with E-state index in [0.29, 0.717) is 17.6 Å². The molecule has 0 aliphatic carbocycles. The molecule has 0 unspecified atom stereocenters. The molecule has 0 atom stereocenters. The summed E-state index contributed by atoms with van der Waals surface area (Å²) in [5.74, 6) is 1.80. The van der Waals surface area contributed by atoms with Crippen LogP contribution in [0.1, 0.15) is 0 Å². The Morgan fingerprint density at radius 1 is 0.351 bits per heavy atom. The van der Waals surface area contributed by atoms with Crippen molar-refractivity contribution in [1.82, 2.24) is 19.5 Å². The number of hydrogen-bond donors (Lipinski definition) is 0. The lowest BCUT2D eigenvalue weighted by atomic mass is 9.96. The largest absolute Gasteiger partial charge is 0.456 e. The zero-order valence-corrected chi connectivity index (χ0v) is 30.4. The Morgan fingerprint density at radius 3 is 1.68 bits per heavy atom. The highest BCUT2D eigenvalue weighted by Crippen LogP contribution is 2.42. The molecule has 12 rings (SSSR count). The number of para-hydroxylation sites is 4. The number of benzene rings is 8. The van der Waals surface area contributed by atoms with Gasteiger partial charge in [-0.1, -0.05) is 146 Å². The lowest BCUT2D eigenvalue weighted by Gasteiger charge is -2.11. The third kappa shape index (κ3) is 4.94. The highest BCUT2D eigenvalue weighted by Gasteiger charge is 2.20. The minimum absolute atomic E-state index is 0.575. The van der Waals surface area contributed by atoms with Crippen molar-refractivity contribution >= 4 is 65.7 Å². The summed E-state index contributed by atoms with van der Waals surface area (Å²) in [6.07, 6.45) is 0. The fraction of sp³-hybridized carbons (Fsp3) is 0. The van der Waals surface area contributed by atoms with Gasteiger partial charge in [-0.05, 0) is 53.1 Å². The van der Waals surface area contributed by atoms with Gasteiger partial charge in [0.15, 0.2) is 11.6 Å². The predicted octanol–water partition coefficient (Wildman–Crippen LogP) is 13.4. The van der Waals surface area contributed by atoms with Gasteiger partial charge in [0.05, 0.1) is 11.0 Å². The van der Waals surface area contributed by atoms with E-state index in [2.05, 4.69) is 138 Å². The van der Waals surface area contributed by atoms with Gasteiger partial charge in [-0.2, -0.15) is 9.97 Å².